The van der Waals surface area contributed by atoms with E-state index in [9.17, 15) is 8.42 Å². The van der Waals surface area contributed by atoms with Crippen molar-refractivity contribution in [1.82, 2.24) is 24.1 Å². The van der Waals surface area contributed by atoms with Crippen LogP contribution >= 0.6 is 0 Å². The molecule has 0 saturated carbocycles. The van der Waals surface area contributed by atoms with E-state index in [1.54, 1.807) is 25.3 Å². The number of rotatable bonds is 6. The van der Waals surface area contributed by atoms with E-state index in [1.807, 2.05) is 54.9 Å². The largest absolute Gasteiger partial charge is 0.329 e. The maximum atomic E-state index is 12.6. The molecule has 0 aliphatic heterocycles. The molecule has 0 amide bonds. The highest BCUT2D eigenvalue weighted by atomic mass is 32.2. The Morgan fingerprint density at radius 1 is 1.00 bits per heavy atom. The molecule has 2 aromatic carbocycles. The average Bonchev–Trinajstić information content (AvgIpc) is 3.07. The zero-order valence-electron chi connectivity index (χ0n) is 19.5. The molecule has 2 heterocycles. The summed E-state index contributed by atoms with van der Waals surface area (Å²) in [6.45, 7) is 3.81. The van der Waals surface area contributed by atoms with Crippen LogP contribution in [0.1, 0.15) is 11.3 Å². The number of aryl methyl sites for hydroxylation is 3. The summed E-state index contributed by atoms with van der Waals surface area (Å²) in [5, 5.41) is 8.72. The van der Waals surface area contributed by atoms with Crippen LogP contribution in [-0.4, -0.2) is 53.6 Å². The van der Waals surface area contributed by atoms with Gasteiger partial charge in [0, 0.05) is 56.8 Å². The number of anilines is 4. The van der Waals surface area contributed by atoms with E-state index in [1.165, 1.54) is 18.4 Å². The molecule has 4 rings (SSSR count). The van der Waals surface area contributed by atoms with Crippen LogP contribution in [0.2, 0.25) is 0 Å². The van der Waals surface area contributed by atoms with Crippen molar-refractivity contribution in [2.24, 2.45) is 7.05 Å². The quantitative estimate of drug-likeness (QED) is 0.463. The third kappa shape index (κ3) is 4.27. The molecule has 1 N–H and O–H groups in total. The van der Waals surface area contributed by atoms with Gasteiger partial charge in [-0.3, -0.25) is 4.68 Å². The Kier molecular flexibility index (Phi) is 5.81. The lowest BCUT2D eigenvalue weighted by Gasteiger charge is -2.19. The fourth-order valence-electron chi connectivity index (χ4n) is 3.53. The van der Waals surface area contributed by atoms with Crippen LogP contribution < -0.4 is 10.2 Å². The lowest BCUT2D eigenvalue weighted by atomic mass is 10.2. The van der Waals surface area contributed by atoms with Crippen LogP contribution in [0.25, 0.3) is 10.9 Å². The molecule has 0 unspecified atom stereocenters. The number of aromatic nitrogens is 4. The van der Waals surface area contributed by atoms with Crippen molar-refractivity contribution in [1.29, 1.82) is 0 Å². The monoisotopic (exact) mass is 465 g/mol. The van der Waals surface area contributed by atoms with Gasteiger partial charge in [0.2, 0.25) is 16.0 Å². The smallest absolute Gasteiger partial charge is 0.242 e. The SMILES string of the molecule is Cc1ccc(Nc2nccc(N(C)c3ccc4nn(C)c(C)c4c3)n2)cc1S(=O)(=O)N(C)C. The van der Waals surface area contributed by atoms with E-state index < -0.39 is 10.0 Å². The van der Waals surface area contributed by atoms with Crippen LogP contribution in [0.5, 0.6) is 0 Å². The summed E-state index contributed by atoms with van der Waals surface area (Å²) in [7, 11) is 3.34. The molecule has 9 nitrogen and oxygen atoms in total. The minimum atomic E-state index is -3.56. The summed E-state index contributed by atoms with van der Waals surface area (Å²) < 4.78 is 28.3. The predicted octanol–water partition coefficient (Wildman–Crippen LogP) is 3.74. The third-order valence-corrected chi connectivity index (χ3v) is 7.64. The molecule has 0 atom stereocenters. The number of nitrogens with one attached hydrogen (secondary N) is 1. The Bertz CT molecular complexity index is 1440. The van der Waals surface area contributed by atoms with Gasteiger partial charge in [-0.1, -0.05) is 6.07 Å². The number of nitrogens with zero attached hydrogens (tertiary/aromatic N) is 6. The molecule has 0 aliphatic carbocycles. The molecule has 0 saturated heterocycles. The Morgan fingerprint density at radius 3 is 2.48 bits per heavy atom. The van der Waals surface area contributed by atoms with Gasteiger partial charge in [-0.15, -0.1) is 0 Å². The van der Waals surface area contributed by atoms with Gasteiger partial charge < -0.3 is 10.2 Å². The van der Waals surface area contributed by atoms with Crippen LogP contribution in [0, 0.1) is 13.8 Å². The molecule has 10 heteroatoms. The van der Waals surface area contributed by atoms with Gasteiger partial charge in [0.15, 0.2) is 0 Å². The molecule has 2 aromatic heterocycles. The summed E-state index contributed by atoms with van der Waals surface area (Å²) in [6, 6.07) is 13.1. The highest BCUT2D eigenvalue weighted by molar-refractivity contribution is 7.89. The zero-order chi connectivity index (χ0) is 23.9. The van der Waals surface area contributed by atoms with E-state index in [0.717, 1.165) is 22.3 Å². The van der Waals surface area contributed by atoms with E-state index in [0.29, 0.717) is 23.0 Å². The Balaban J connectivity index is 1.63. The van der Waals surface area contributed by atoms with Crippen molar-refractivity contribution in [2.45, 2.75) is 18.7 Å². The first-order valence-electron chi connectivity index (χ1n) is 10.4. The number of fused-ring (bicyclic) bond motifs is 1. The van der Waals surface area contributed by atoms with Crippen molar-refractivity contribution in [3.63, 3.8) is 0 Å². The van der Waals surface area contributed by atoms with Gasteiger partial charge in [0.25, 0.3) is 0 Å². The molecular formula is C23H27N7O2S. The second kappa shape index (κ2) is 8.45. The van der Waals surface area contributed by atoms with Crippen molar-refractivity contribution < 1.29 is 8.42 Å². The molecule has 33 heavy (non-hydrogen) atoms. The number of sulfonamides is 1. The van der Waals surface area contributed by atoms with Gasteiger partial charge in [-0.2, -0.15) is 10.1 Å². The summed E-state index contributed by atoms with van der Waals surface area (Å²) in [4.78, 5) is 11.1. The Labute approximate surface area is 193 Å². The van der Waals surface area contributed by atoms with Gasteiger partial charge in [-0.05, 0) is 55.8 Å². The number of benzene rings is 2. The molecule has 0 fully saturated rings. The molecule has 0 aliphatic rings. The van der Waals surface area contributed by atoms with Gasteiger partial charge >= 0.3 is 0 Å². The molecule has 4 aromatic rings. The number of hydrogen-bond acceptors (Lipinski definition) is 7. The van der Waals surface area contributed by atoms with Crippen LogP contribution in [0.15, 0.2) is 53.6 Å². The van der Waals surface area contributed by atoms with Crippen LogP contribution in [-0.2, 0) is 17.1 Å². The second-order valence-corrected chi connectivity index (χ2v) is 10.2. The Hall–Kier alpha value is -3.50. The molecule has 0 bridgehead atoms. The van der Waals surface area contributed by atoms with Gasteiger partial charge in [0.1, 0.15) is 5.82 Å². The van der Waals surface area contributed by atoms with Crippen molar-refractivity contribution in [2.75, 3.05) is 31.4 Å². The normalized spacial score (nSPS) is 11.8. The van der Waals surface area contributed by atoms with E-state index in [4.69, 9.17) is 0 Å². The molecule has 0 radical (unpaired) electrons. The van der Waals surface area contributed by atoms with Crippen molar-refractivity contribution >= 4 is 44.1 Å². The van der Waals surface area contributed by atoms with Crippen molar-refractivity contribution in [3.05, 3.63) is 59.9 Å². The van der Waals surface area contributed by atoms with Gasteiger partial charge in [0.05, 0.1) is 10.4 Å². The molecular weight excluding hydrogens is 438 g/mol. The standard InChI is InChI=1S/C23H27N7O2S/c1-15-7-8-17(13-21(15)33(31,32)28(3)4)25-23-24-12-11-22(26-23)29(5)18-9-10-20-19(14-18)16(2)30(6)27-20/h7-14H,1-6H3,(H,24,25,26). The first-order valence-corrected chi connectivity index (χ1v) is 11.8. The number of hydrogen-bond donors (Lipinski definition) is 1. The summed E-state index contributed by atoms with van der Waals surface area (Å²) >= 11 is 0. The minimum Gasteiger partial charge on any atom is -0.329 e. The first kappa shape index (κ1) is 22.7. The van der Waals surface area contributed by atoms with Gasteiger partial charge in [-0.25, -0.2) is 17.7 Å². The lowest BCUT2D eigenvalue weighted by Crippen LogP contribution is -2.23. The highest BCUT2D eigenvalue weighted by Gasteiger charge is 2.20. The highest BCUT2D eigenvalue weighted by Crippen LogP contribution is 2.28. The summed E-state index contributed by atoms with van der Waals surface area (Å²) in [6.07, 6.45) is 1.67. The summed E-state index contributed by atoms with van der Waals surface area (Å²) in [5.74, 6) is 1.07. The fraction of sp³-hybridized carbons (Fsp3) is 0.261. The topological polar surface area (TPSA) is 96.2 Å². The lowest BCUT2D eigenvalue weighted by molar-refractivity contribution is 0.520. The van der Waals surface area contributed by atoms with E-state index >= 15 is 0 Å². The summed E-state index contributed by atoms with van der Waals surface area (Å²) in [5.41, 5.74) is 4.27. The van der Waals surface area contributed by atoms with E-state index in [-0.39, 0.29) is 4.90 Å². The Morgan fingerprint density at radius 2 is 1.76 bits per heavy atom. The third-order valence-electron chi connectivity index (χ3n) is 5.69. The van der Waals surface area contributed by atoms with Crippen molar-refractivity contribution in [3.8, 4) is 0 Å². The second-order valence-electron chi connectivity index (χ2n) is 8.10. The van der Waals surface area contributed by atoms with Crippen LogP contribution in [0.4, 0.5) is 23.1 Å². The first-order chi connectivity index (χ1) is 15.6. The average molecular weight is 466 g/mol. The maximum Gasteiger partial charge on any atom is 0.242 e. The van der Waals surface area contributed by atoms with E-state index in [2.05, 4.69) is 26.4 Å². The fourth-order valence-corrected chi connectivity index (χ4v) is 4.67. The molecule has 0 spiro atoms. The van der Waals surface area contributed by atoms with Crippen LogP contribution in [0.3, 0.4) is 0 Å². The zero-order valence-corrected chi connectivity index (χ0v) is 20.3. The maximum absolute atomic E-state index is 12.6. The minimum absolute atomic E-state index is 0.242. The predicted molar refractivity (Wildman–Crippen MR) is 131 cm³/mol. The molecule has 172 valence electrons.